The van der Waals surface area contributed by atoms with Gasteiger partial charge in [0, 0.05) is 41.6 Å². The number of ketones is 1. The lowest BCUT2D eigenvalue weighted by Crippen LogP contribution is -2.29. The van der Waals surface area contributed by atoms with Crippen LogP contribution < -0.4 is 0 Å². The van der Waals surface area contributed by atoms with Crippen molar-refractivity contribution < 1.29 is 19.1 Å². The quantitative estimate of drug-likeness (QED) is 0.298. The van der Waals surface area contributed by atoms with Crippen molar-refractivity contribution in [2.24, 2.45) is 0 Å². The first kappa shape index (κ1) is 18.9. The molecule has 1 aliphatic rings. The average Bonchev–Trinajstić information content (AvgIpc) is 3.47. The van der Waals surface area contributed by atoms with Crippen LogP contribution in [0.15, 0.2) is 77.1 Å². The molecule has 154 valence electrons. The number of furan rings is 1. The molecular weight excluding hydrogens is 394 g/mol. The summed E-state index contributed by atoms with van der Waals surface area (Å²) in [5.41, 5.74) is 2.06. The van der Waals surface area contributed by atoms with Gasteiger partial charge in [-0.1, -0.05) is 24.3 Å². The molecule has 1 atom stereocenters. The van der Waals surface area contributed by atoms with Crippen molar-refractivity contribution in [1.29, 1.82) is 0 Å². The SMILES string of the molecule is Cc1ccc(C2/C(=C(/O)c3c[nH]c4ccccc34)C(=O)C(=O)N2Cc2cccnc2)o1. The van der Waals surface area contributed by atoms with Gasteiger partial charge in [0.2, 0.25) is 0 Å². The van der Waals surface area contributed by atoms with Crippen molar-refractivity contribution in [3.05, 3.63) is 95.3 Å². The molecule has 4 aromatic rings. The third-order valence-corrected chi connectivity index (χ3v) is 5.49. The predicted molar refractivity (Wildman–Crippen MR) is 114 cm³/mol. The fourth-order valence-electron chi connectivity index (χ4n) is 4.04. The minimum atomic E-state index is -0.845. The molecule has 5 rings (SSSR count). The maximum absolute atomic E-state index is 13.1. The van der Waals surface area contributed by atoms with Crippen LogP contribution in [0, 0.1) is 6.92 Å². The standard InChI is InChI=1S/C24H19N3O4/c1-14-8-9-19(31-14)21-20(22(28)17-12-26-18-7-3-2-6-16(17)18)23(29)24(30)27(21)13-15-5-4-10-25-11-15/h2-12,21,26,28H,13H2,1H3/b22-20-. The lowest BCUT2D eigenvalue weighted by atomic mass is 9.99. The molecule has 1 amide bonds. The minimum absolute atomic E-state index is 0.00740. The Morgan fingerprint density at radius 3 is 2.74 bits per heavy atom. The summed E-state index contributed by atoms with van der Waals surface area (Å²) in [7, 11) is 0. The number of hydrogen-bond acceptors (Lipinski definition) is 5. The van der Waals surface area contributed by atoms with Crippen LogP contribution in [0.2, 0.25) is 0 Å². The van der Waals surface area contributed by atoms with Crippen LogP contribution in [0.1, 0.15) is 28.7 Å². The highest BCUT2D eigenvalue weighted by Gasteiger charge is 2.47. The Balaban J connectivity index is 1.68. The third kappa shape index (κ3) is 3.11. The summed E-state index contributed by atoms with van der Waals surface area (Å²) >= 11 is 0. The van der Waals surface area contributed by atoms with Gasteiger partial charge < -0.3 is 19.4 Å². The number of benzene rings is 1. The molecule has 0 radical (unpaired) electrons. The molecule has 31 heavy (non-hydrogen) atoms. The van der Waals surface area contributed by atoms with Gasteiger partial charge in [-0.05, 0) is 36.8 Å². The average molecular weight is 413 g/mol. The zero-order valence-electron chi connectivity index (χ0n) is 16.7. The van der Waals surface area contributed by atoms with Gasteiger partial charge in [0.15, 0.2) is 0 Å². The van der Waals surface area contributed by atoms with Crippen molar-refractivity contribution in [3.8, 4) is 0 Å². The lowest BCUT2D eigenvalue weighted by Gasteiger charge is -2.23. The molecule has 2 N–H and O–H groups in total. The van der Waals surface area contributed by atoms with E-state index >= 15 is 0 Å². The molecule has 1 fully saturated rings. The second kappa shape index (κ2) is 7.28. The van der Waals surface area contributed by atoms with E-state index < -0.39 is 17.7 Å². The number of H-pyrrole nitrogens is 1. The van der Waals surface area contributed by atoms with E-state index in [0.717, 1.165) is 16.5 Å². The first-order valence-electron chi connectivity index (χ1n) is 9.84. The second-order valence-electron chi connectivity index (χ2n) is 7.48. The van der Waals surface area contributed by atoms with E-state index in [9.17, 15) is 14.7 Å². The summed E-state index contributed by atoms with van der Waals surface area (Å²) in [5, 5.41) is 12.0. The number of aromatic nitrogens is 2. The van der Waals surface area contributed by atoms with Crippen LogP contribution in [0.25, 0.3) is 16.7 Å². The van der Waals surface area contributed by atoms with Crippen LogP contribution in [-0.4, -0.2) is 31.7 Å². The number of hydrogen-bond donors (Lipinski definition) is 2. The third-order valence-electron chi connectivity index (χ3n) is 5.49. The second-order valence-corrected chi connectivity index (χ2v) is 7.48. The molecule has 1 aromatic carbocycles. The van der Waals surface area contributed by atoms with Gasteiger partial charge in [-0.25, -0.2) is 0 Å². The monoisotopic (exact) mass is 413 g/mol. The van der Waals surface area contributed by atoms with Gasteiger partial charge in [-0.3, -0.25) is 14.6 Å². The highest BCUT2D eigenvalue weighted by atomic mass is 16.3. The maximum atomic E-state index is 13.1. The first-order valence-corrected chi connectivity index (χ1v) is 9.84. The molecule has 4 heterocycles. The molecule has 1 unspecified atom stereocenters. The largest absolute Gasteiger partial charge is 0.507 e. The van der Waals surface area contributed by atoms with Gasteiger partial charge in [0.25, 0.3) is 11.7 Å². The zero-order valence-corrected chi connectivity index (χ0v) is 16.7. The number of pyridine rings is 1. The van der Waals surface area contributed by atoms with Crippen molar-refractivity contribution >= 4 is 28.4 Å². The summed E-state index contributed by atoms with van der Waals surface area (Å²) in [4.78, 5) is 34.7. The van der Waals surface area contributed by atoms with Crippen molar-refractivity contribution in [2.45, 2.75) is 19.5 Å². The summed E-state index contributed by atoms with van der Waals surface area (Å²) in [6.07, 6.45) is 4.92. The Morgan fingerprint density at radius 2 is 2.00 bits per heavy atom. The number of aromatic amines is 1. The van der Waals surface area contributed by atoms with Gasteiger partial charge >= 0.3 is 0 Å². The number of nitrogens with zero attached hydrogens (tertiary/aromatic N) is 2. The number of aliphatic hydroxyl groups is 1. The number of aryl methyl sites for hydroxylation is 1. The van der Waals surface area contributed by atoms with Crippen LogP contribution >= 0.6 is 0 Å². The summed E-state index contributed by atoms with van der Waals surface area (Å²) in [6, 6.07) is 13.7. The fourth-order valence-corrected chi connectivity index (χ4v) is 4.04. The maximum Gasteiger partial charge on any atom is 0.296 e. The van der Waals surface area contributed by atoms with Crippen molar-refractivity contribution in [2.75, 3.05) is 0 Å². The molecule has 1 aliphatic heterocycles. The number of nitrogens with one attached hydrogen (secondary N) is 1. The first-order chi connectivity index (χ1) is 15.0. The lowest BCUT2D eigenvalue weighted by molar-refractivity contribution is -0.140. The van der Waals surface area contributed by atoms with Crippen LogP contribution in [0.3, 0.4) is 0 Å². The number of para-hydroxylation sites is 1. The molecule has 3 aromatic heterocycles. The Morgan fingerprint density at radius 1 is 1.16 bits per heavy atom. The molecular formula is C24H19N3O4. The number of fused-ring (bicyclic) bond motifs is 1. The van der Waals surface area contributed by atoms with E-state index in [1.807, 2.05) is 30.3 Å². The van der Waals surface area contributed by atoms with E-state index in [1.165, 1.54) is 4.90 Å². The van der Waals surface area contributed by atoms with Gasteiger partial charge in [0.05, 0.1) is 5.57 Å². The normalized spacial score (nSPS) is 18.2. The number of carbonyl (C=O) groups excluding carboxylic acids is 2. The number of aliphatic hydroxyl groups excluding tert-OH is 1. The molecule has 0 saturated carbocycles. The van der Waals surface area contributed by atoms with Crippen LogP contribution in [-0.2, 0) is 16.1 Å². The highest BCUT2D eigenvalue weighted by Crippen LogP contribution is 2.41. The Kier molecular flexibility index (Phi) is 4.43. The molecule has 0 aliphatic carbocycles. The summed E-state index contributed by atoms with van der Waals surface area (Å²) in [6.45, 7) is 1.95. The number of rotatable bonds is 4. The van der Waals surface area contributed by atoms with Crippen LogP contribution in [0.5, 0.6) is 0 Å². The van der Waals surface area contributed by atoms with Gasteiger partial charge in [-0.15, -0.1) is 0 Å². The Bertz CT molecular complexity index is 1330. The van der Waals surface area contributed by atoms with E-state index in [1.54, 1.807) is 43.7 Å². The molecule has 0 bridgehead atoms. The van der Waals surface area contributed by atoms with E-state index in [4.69, 9.17) is 4.42 Å². The molecule has 7 heteroatoms. The summed E-state index contributed by atoms with van der Waals surface area (Å²) < 4.78 is 5.80. The van der Waals surface area contributed by atoms with Crippen LogP contribution in [0.4, 0.5) is 0 Å². The summed E-state index contributed by atoms with van der Waals surface area (Å²) in [5.74, 6) is -0.602. The Hall–Kier alpha value is -4.13. The predicted octanol–water partition coefficient (Wildman–Crippen LogP) is 4.09. The van der Waals surface area contributed by atoms with Crippen molar-refractivity contribution in [1.82, 2.24) is 14.9 Å². The fraction of sp³-hybridized carbons (Fsp3) is 0.125. The minimum Gasteiger partial charge on any atom is -0.507 e. The zero-order chi connectivity index (χ0) is 21.5. The van der Waals surface area contributed by atoms with E-state index in [2.05, 4.69) is 9.97 Å². The smallest absolute Gasteiger partial charge is 0.296 e. The Labute approximate surface area is 177 Å². The highest BCUT2D eigenvalue weighted by molar-refractivity contribution is 6.46. The van der Waals surface area contributed by atoms with Crippen molar-refractivity contribution in [3.63, 3.8) is 0 Å². The number of carbonyl (C=O) groups is 2. The molecule has 0 spiro atoms. The molecule has 7 nitrogen and oxygen atoms in total. The molecule has 1 saturated heterocycles. The topological polar surface area (TPSA) is 99.4 Å². The number of Topliss-reactive ketones (excluding diaryl/α,β-unsaturated/α-hetero) is 1. The van der Waals surface area contributed by atoms with E-state index in [-0.39, 0.29) is 17.9 Å². The number of likely N-dealkylation sites (tertiary alicyclic amines) is 1. The van der Waals surface area contributed by atoms with Gasteiger partial charge in [-0.2, -0.15) is 0 Å². The number of amides is 1. The van der Waals surface area contributed by atoms with Gasteiger partial charge in [0.1, 0.15) is 23.3 Å². The van der Waals surface area contributed by atoms with E-state index in [0.29, 0.717) is 17.1 Å².